The van der Waals surface area contributed by atoms with Gasteiger partial charge in [-0.15, -0.1) is 0 Å². The molecule has 0 spiro atoms. The fraction of sp³-hybridized carbons (Fsp3) is 0.333. The second kappa shape index (κ2) is 6.44. The van der Waals surface area contributed by atoms with Crippen molar-refractivity contribution in [2.24, 2.45) is 20.6 Å². The number of rotatable bonds is 6. The number of azo groups is 1. The summed E-state index contributed by atoms with van der Waals surface area (Å²) in [6.45, 7) is -0.313. The molecule has 0 N–H and O–H groups in total. The minimum absolute atomic E-state index is 0.156. The SMILES string of the molecule is O=NCC(CN=O)N=Nc1ccc(F)cc1. The van der Waals surface area contributed by atoms with Crippen LogP contribution in [-0.2, 0) is 0 Å². The van der Waals surface area contributed by atoms with E-state index in [1.807, 2.05) is 0 Å². The first-order chi connectivity index (χ1) is 7.76. The summed E-state index contributed by atoms with van der Waals surface area (Å²) in [7, 11) is 0. The summed E-state index contributed by atoms with van der Waals surface area (Å²) in [5.41, 5.74) is 0.434. The molecule has 0 amide bonds. The van der Waals surface area contributed by atoms with Gasteiger partial charge in [0, 0.05) is 0 Å². The minimum Gasteiger partial charge on any atom is -0.207 e. The number of benzene rings is 1. The van der Waals surface area contributed by atoms with Gasteiger partial charge in [-0.05, 0) is 24.3 Å². The number of nitrogens with zero attached hydrogens (tertiary/aromatic N) is 4. The normalized spacial score (nSPS) is 10.9. The maximum absolute atomic E-state index is 12.5. The third-order valence-electron chi connectivity index (χ3n) is 1.73. The van der Waals surface area contributed by atoms with Gasteiger partial charge in [-0.1, -0.05) is 10.4 Å². The average molecular weight is 224 g/mol. The van der Waals surface area contributed by atoms with Gasteiger partial charge in [0.1, 0.15) is 24.9 Å². The largest absolute Gasteiger partial charge is 0.207 e. The lowest BCUT2D eigenvalue weighted by molar-refractivity contribution is 0.627. The van der Waals surface area contributed by atoms with Crippen LogP contribution in [0.25, 0.3) is 0 Å². The molecule has 0 aliphatic heterocycles. The molecule has 1 aromatic carbocycles. The highest BCUT2D eigenvalue weighted by molar-refractivity contribution is 5.35. The predicted molar refractivity (Wildman–Crippen MR) is 56.0 cm³/mol. The Kier molecular flexibility index (Phi) is 4.84. The van der Waals surface area contributed by atoms with Crippen LogP contribution < -0.4 is 0 Å². The minimum atomic E-state index is -0.653. The zero-order chi connectivity index (χ0) is 11.8. The van der Waals surface area contributed by atoms with Crippen molar-refractivity contribution >= 4 is 5.69 Å². The molecule has 16 heavy (non-hydrogen) atoms. The summed E-state index contributed by atoms with van der Waals surface area (Å²) in [4.78, 5) is 20.0. The van der Waals surface area contributed by atoms with Crippen molar-refractivity contribution in [2.75, 3.05) is 13.1 Å². The third-order valence-corrected chi connectivity index (χ3v) is 1.73. The van der Waals surface area contributed by atoms with Crippen LogP contribution in [0.15, 0.2) is 44.8 Å². The molecule has 0 fully saturated rings. The van der Waals surface area contributed by atoms with E-state index in [0.29, 0.717) is 5.69 Å². The molecule has 6 nitrogen and oxygen atoms in total. The van der Waals surface area contributed by atoms with E-state index in [0.717, 1.165) is 0 Å². The highest BCUT2D eigenvalue weighted by Gasteiger charge is 2.07. The molecule has 0 radical (unpaired) electrons. The van der Waals surface area contributed by atoms with E-state index in [2.05, 4.69) is 20.6 Å². The molecule has 0 heterocycles. The van der Waals surface area contributed by atoms with Crippen molar-refractivity contribution in [1.29, 1.82) is 0 Å². The Morgan fingerprint density at radius 1 is 1.06 bits per heavy atom. The van der Waals surface area contributed by atoms with E-state index >= 15 is 0 Å². The molecule has 0 saturated carbocycles. The first kappa shape index (κ1) is 12.0. The second-order valence-electron chi connectivity index (χ2n) is 2.97. The van der Waals surface area contributed by atoms with E-state index in [9.17, 15) is 14.2 Å². The molecule has 0 bridgehead atoms. The summed E-state index contributed by atoms with van der Waals surface area (Å²) < 4.78 is 12.5. The van der Waals surface area contributed by atoms with E-state index in [1.165, 1.54) is 24.3 Å². The Balaban J connectivity index is 2.65. The van der Waals surface area contributed by atoms with Gasteiger partial charge in [0.25, 0.3) is 0 Å². The zero-order valence-corrected chi connectivity index (χ0v) is 8.28. The molecule has 7 heteroatoms. The molecular weight excluding hydrogens is 215 g/mol. The van der Waals surface area contributed by atoms with Crippen molar-refractivity contribution in [1.82, 2.24) is 0 Å². The van der Waals surface area contributed by atoms with E-state index in [1.54, 1.807) is 0 Å². The van der Waals surface area contributed by atoms with E-state index < -0.39 is 6.04 Å². The summed E-state index contributed by atoms with van der Waals surface area (Å²) in [5.74, 6) is -0.375. The first-order valence-corrected chi connectivity index (χ1v) is 4.51. The quantitative estimate of drug-likeness (QED) is 0.549. The van der Waals surface area contributed by atoms with E-state index in [4.69, 9.17) is 0 Å². The van der Waals surface area contributed by atoms with Gasteiger partial charge in [-0.3, -0.25) is 0 Å². The molecule has 0 unspecified atom stereocenters. The van der Waals surface area contributed by atoms with Crippen molar-refractivity contribution in [2.45, 2.75) is 6.04 Å². The standard InChI is InChI=1S/C9H9FN4O2/c10-7-1-3-8(4-2-7)13-14-9(5-11-15)6-12-16/h1-4,9H,5-6H2. The maximum atomic E-state index is 12.5. The van der Waals surface area contributed by atoms with Gasteiger partial charge in [-0.2, -0.15) is 20.0 Å². The van der Waals surface area contributed by atoms with Crippen LogP contribution >= 0.6 is 0 Å². The average Bonchev–Trinajstić information content (AvgIpc) is 2.29. The predicted octanol–water partition coefficient (Wildman–Crippen LogP) is 2.81. The van der Waals surface area contributed by atoms with Crippen molar-refractivity contribution < 1.29 is 4.39 Å². The topological polar surface area (TPSA) is 83.6 Å². The van der Waals surface area contributed by atoms with Gasteiger partial charge in [0.05, 0.1) is 5.69 Å². The highest BCUT2D eigenvalue weighted by atomic mass is 19.1. The Hall–Kier alpha value is -2.05. The molecule has 0 aliphatic rings. The number of nitroso groups, excluding NO2 is 2. The number of hydrogen-bond donors (Lipinski definition) is 0. The van der Waals surface area contributed by atoms with Gasteiger partial charge in [0.15, 0.2) is 0 Å². The fourth-order valence-corrected chi connectivity index (χ4v) is 0.959. The Labute approximate surface area is 90.5 Å². The molecule has 84 valence electrons. The Morgan fingerprint density at radius 3 is 2.12 bits per heavy atom. The molecule has 0 aromatic heterocycles. The van der Waals surface area contributed by atoms with Crippen molar-refractivity contribution in [3.8, 4) is 0 Å². The lowest BCUT2D eigenvalue weighted by atomic mass is 10.3. The van der Waals surface area contributed by atoms with Crippen molar-refractivity contribution in [3.63, 3.8) is 0 Å². The van der Waals surface area contributed by atoms with Crippen LogP contribution in [-0.4, -0.2) is 19.1 Å². The fourth-order valence-electron chi connectivity index (χ4n) is 0.959. The van der Waals surface area contributed by atoms with E-state index in [-0.39, 0.29) is 18.9 Å². The monoisotopic (exact) mass is 224 g/mol. The van der Waals surface area contributed by atoms with Crippen LogP contribution in [0.3, 0.4) is 0 Å². The number of halogens is 1. The van der Waals surface area contributed by atoms with Crippen LogP contribution in [0.5, 0.6) is 0 Å². The van der Waals surface area contributed by atoms with Crippen LogP contribution in [0.1, 0.15) is 0 Å². The highest BCUT2D eigenvalue weighted by Crippen LogP contribution is 2.13. The second-order valence-corrected chi connectivity index (χ2v) is 2.97. The lowest BCUT2D eigenvalue weighted by Crippen LogP contribution is -2.11. The summed E-state index contributed by atoms with van der Waals surface area (Å²) in [6, 6.07) is 4.68. The van der Waals surface area contributed by atoms with Gasteiger partial charge in [-0.25, -0.2) is 4.39 Å². The molecule has 0 saturated heterocycles. The maximum Gasteiger partial charge on any atom is 0.123 e. The third kappa shape index (κ3) is 3.99. The molecular formula is C9H9FN4O2. The Bertz CT molecular complexity index is 370. The van der Waals surface area contributed by atoms with Gasteiger partial charge in [0.2, 0.25) is 0 Å². The van der Waals surface area contributed by atoms with Gasteiger partial charge < -0.3 is 0 Å². The van der Waals surface area contributed by atoms with Crippen LogP contribution in [0, 0.1) is 15.6 Å². The van der Waals surface area contributed by atoms with Crippen molar-refractivity contribution in [3.05, 3.63) is 39.9 Å². The molecule has 1 aromatic rings. The lowest BCUT2D eigenvalue weighted by Gasteiger charge is -2.00. The Morgan fingerprint density at radius 2 is 1.62 bits per heavy atom. The summed E-state index contributed by atoms with van der Waals surface area (Å²) >= 11 is 0. The molecule has 0 aliphatic carbocycles. The zero-order valence-electron chi connectivity index (χ0n) is 8.28. The smallest absolute Gasteiger partial charge is 0.123 e. The summed E-state index contributed by atoms with van der Waals surface area (Å²) in [6.07, 6.45) is 0. The van der Waals surface area contributed by atoms with Crippen LogP contribution in [0.2, 0.25) is 0 Å². The number of hydrogen-bond acceptors (Lipinski definition) is 6. The summed E-state index contributed by atoms with van der Waals surface area (Å²) in [5, 5.41) is 12.7. The molecule has 0 atom stereocenters. The van der Waals surface area contributed by atoms with Gasteiger partial charge >= 0.3 is 0 Å². The first-order valence-electron chi connectivity index (χ1n) is 4.51. The van der Waals surface area contributed by atoms with Crippen LogP contribution in [0.4, 0.5) is 10.1 Å². The molecule has 1 rings (SSSR count).